The summed E-state index contributed by atoms with van der Waals surface area (Å²) < 4.78 is 22.0. The number of hydrogen-bond acceptors (Lipinski definition) is 5. The Bertz CT molecular complexity index is 499. The highest BCUT2D eigenvalue weighted by molar-refractivity contribution is 7.90. The van der Waals surface area contributed by atoms with E-state index in [1.165, 1.54) is 13.8 Å². The average Bonchev–Trinajstić information content (AvgIpc) is 2.21. The van der Waals surface area contributed by atoms with Gasteiger partial charge in [-0.05, 0) is 20.3 Å². The molecule has 116 valence electrons. The number of sulfone groups is 1. The number of primary amides is 1. The Balaban J connectivity index is 4.65. The monoisotopic (exact) mass is 309 g/mol. The number of aliphatic carboxylic acids is 1. The number of amides is 3. The molecule has 0 rings (SSSR count). The van der Waals surface area contributed by atoms with Crippen molar-refractivity contribution in [1.82, 2.24) is 10.6 Å². The maximum atomic E-state index is 11.6. The lowest BCUT2D eigenvalue weighted by Gasteiger charge is -2.24. The number of carboxylic acids is 1. The molecule has 0 spiro atoms. The van der Waals surface area contributed by atoms with Crippen LogP contribution in [-0.2, 0) is 19.4 Å². The number of rotatable bonds is 7. The van der Waals surface area contributed by atoms with E-state index in [1.807, 2.05) is 0 Å². The third-order valence-corrected chi connectivity index (χ3v) is 3.40. The second-order valence-electron chi connectivity index (χ2n) is 4.90. The highest BCUT2D eigenvalue weighted by atomic mass is 32.2. The van der Waals surface area contributed by atoms with Crippen LogP contribution in [-0.4, -0.2) is 55.0 Å². The van der Waals surface area contributed by atoms with Gasteiger partial charge in [0.05, 0.1) is 5.75 Å². The number of carbonyl (C=O) groups excluding carboxylic acids is 2. The number of carbonyl (C=O) groups is 3. The van der Waals surface area contributed by atoms with Crippen LogP contribution in [0.5, 0.6) is 0 Å². The molecule has 0 radical (unpaired) electrons. The molecule has 0 aliphatic heterocycles. The highest BCUT2D eigenvalue weighted by Crippen LogP contribution is 2.01. The van der Waals surface area contributed by atoms with E-state index in [0.29, 0.717) is 0 Å². The predicted octanol–water partition coefficient (Wildman–Crippen LogP) is -1.56. The quantitative estimate of drug-likeness (QED) is 0.445. The number of nitrogens with one attached hydrogen (secondary N) is 2. The summed E-state index contributed by atoms with van der Waals surface area (Å²) in [6, 6.07) is -2.30. The summed E-state index contributed by atoms with van der Waals surface area (Å²) in [5.41, 5.74) is 3.69. The van der Waals surface area contributed by atoms with Crippen LogP contribution in [0.4, 0.5) is 4.79 Å². The van der Waals surface area contributed by atoms with E-state index in [2.05, 4.69) is 10.6 Å². The molecule has 9 nitrogen and oxygen atoms in total. The largest absolute Gasteiger partial charge is 0.480 e. The fourth-order valence-corrected chi connectivity index (χ4v) is 1.79. The maximum absolute atomic E-state index is 11.6. The van der Waals surface area contributed by atoms with Crippen molar-refractivity contribution in [2.75, 3.05) is 12.0 Å². The van der Waals surface area contributed by atoms with Gasteiger partial charge in [0.15, 0.2) is 0 Å². The molecule has 1 unspecified atom stereocenters. The molecule has 0 aliphatic carbocycles. The first-order chi connectivity index (χ1) is 8.85. The van der Waals surface area contributed by atoms with E-state index < -0.39 is 39.3 Å². The van der Waals surface area contributed by atoms with Gasteiger partial charge in [0, 0.05) is 6.26 Å². The molecule has 0 bridgehead atoms. The second kappa shape index (κ2) is 6.55. The van der Waals surface area contributed by atoms with Gasteiger partial charge in [0.1, 0.15) is 21.4 Å². The summed E-state index contributed by atoms with van der Waals surface area (Å²) in [5.74, 6) is -2.56. The fraction of sp³-hybridized carbons (Fsp3) is 0.700. The molecular formula is C10H19N3O6S. The minimum absolute atomic E-state index is 0.279. The van der Waals surface area contributed by atoms with Crippen LogP contribution in [0.15, 0.2) is 0 Å². The molecule has 0 heterocycles. The number of urea groups is 1. The van der Waals surface area contributed by atoms with Crippen molar-refractivity contribution in [2.24, 2.45) is 5.73 Å². The minimum Gasteiger partial charge on any atom is -0.480 e. The van der Waals surface area contributed by atoms with Gasteiger partial charge in [0.25, 0.3) is 0 Å². The normalized spacial score (nSPS) is 13.3. The third-order valence-electron chi connectivity index (χ3n) is 2.42. The Morgan fingerprint density at radius 3 is 2.15 bits per heavy atom. The Hall–Kier alpha value is -1.84. The molecule has 0 aromatic heterocycles. The van der Waals surface area contributed by atoms with Crippen LogP contribution >= 0.6 is 0 Å². The third kappa shape index (κ3) is 6.92. The van der Waals surface area contributed by atoms with E-state index in [-0.39, 0.29) is 12.2 Å². The number of nitrogens with two attached hydrogens (primary N) is 1. The van der Waals surface area contributed by atoms with Crippen LogP contribution in [0.3, 0.4) is 0 Å². The van der Waals surface area contributed by atoms with Crippen molar-refractivity contribution < 1.29 is 27.9 Å². The molecule has 0 fully saturated rings. The van der Waals surface area contributed by atoms with Crippen molar-refractivity contribution in [3.05, 3.63) is 0 Å². The molecule has 5 N–H and O–H groups in total. The van der Waals surface area contributed by atoms with Gasteiger partial charge in [-0.25, -0.2) is 18.0 Å². The van der Waals surface area contributed by atoms with Crippen molar-refractivity contribution >= 4 is 27.7 Å². The van der Waals surface area contributed by atoms with E-state index in [1.54, 1.807) is 0 Å². The average molecular weight is 309 g/mol. The molecule has 10 heteroatoms. The highest BCUT2D eigenvalue weighted by Gasteiger charge is 2.29. The first-order valence-corrected chi connectivity index (χ1v) is 7.70. The van der Waals surface area contributed by atoms with Gasteiger partial charge in [-0.15, -0.1) is 0 Å². The van der Waals surface area contributed by atoms with Gasteiger partial charge in [-0.1, -0.05) is 0 Å². The van der Waals surface area contributed by atoms with Crippen LogP contribution in [0.25, 0.3) is 0 Å². The Morgan fingerprint density at radius 2 is 1.80 bits per heavy atom. The first-order valence-electron chi connectivity index (χ1n) is 5.64. The summed E-state index contributed by atoms with van der Waals surface area (Å²) in [7, 11) is -3.35. The molecule has 1 atom stereocenters. The molecular weight excluding hydrogens is 290 g/mol. The van der Waals surface area contributed by atoms with Gasteiger partial charge in [-0.2, -0.15) is 0 Å². The molecule has 0 aromatic rings. The van der Waals surface area contributed by atoms with Gasteiger partial charge < -0.3 is 21.5 Å². The summed E-state index contributed by atoms with van der Waals surface area (Å²) in [4.78, 5) is 33.5. The molecule has 0 aliphatic rings. The Morgan fingerprint density at radius 1 is 1.30 bits per heavy atom. The van der Waals surface area contributed by atoms with E-state index in [0.717, 1.165) is 6.26 Å². The zero-order valence-electron chi connectivity index (χ0n) is 11.5. The predicted molar refractivity (Wildman–Crippen MR) is 70.7 cm³/mol. The van der Waals surface area contributed by atoms with Crippen molar-refractivity contribution in [3.8, 4) is 0 Å². The van der Waals surface area contributed by atoms with Crippen molar-refractivity contribution in [2.45, 2.75) is 31.8 Å². The summed E-state index contributed by atoms with van der Waals surface area (Å²) in [6.45, 7) is 2.70. The zero-order chi connectivity index (χ0) is 16.1. The molecule has 0 aromatic carbocycles. The zero-order valence-corrected chi connectivity index (χ0v) is 12.3. The standard InChI is InChI=1S/C10H19N3O6S/c1-10(2,8(11)16)13-9(17)12-6(7(14)15)4-5-20(3,18)19/h6H,4-5H2,1-3H3,(H2,11,16)(H,14,15)(H2,12,13,17). The number of carboxylic acid groups (broad SMARTS) is 1. The maximum Gasteiger partial charge on any atom is 0.326 e. The van der Waals surface area contributed by atoms with Gasteiger partial charge in [0.2, 0.25) is 5.91 Å². The van der Waals surface area contributed by atoms with E-state index >= 15 is 0 Å². The number of hydrogen-bond donors (Lipinski definition) is 4. The Kier molecular flexibility index (Phi) is 5.95. The smallest absolute Gasteiger partial charge is 0.326 e. The van der Waals surface area contributed by atoms with Crippen molar-refractivity contribution in [1.29, 1.82) is 0 Å². The topological polar surface area (TPSA) is 156 Å². The van der Waals surface area contributed by atoms with E-state index in [4.69, 9.17) is 10.8 Å². The second-order valence-corrected chi connectivity index (χ2v) is 7.16. The van der Waals surface area contributed by atoms with Gasteiger partial charge in [-0.3, -0.25) is 4.79 Å². The van der Waals surface area contributed by atoms with Gasteiger partial charge >= 0.3 is 12.0 Å². The summed E-state index contributed by atoms with van der Waals surface area (Å²) >= 11 is 0. The van der Waals surface area contributed by atoms with Crippen LogP contribution in [0, 0.1) is 0 Å². The van der Waals surface area contributed by atoms with Crippen LogP contribution in [0.1, 0.15) is 20.3 Å². The molecule has 0 saturated heterocycles. The first kappa shape index (κ1) is 18.2. The lowest BCUT2D eigenvalue weighted by molar-refractivity contribution is -0.139. The van der Waals surface area contributed by atoms with E-state index in [9.17, 15) is 22.8 Å². The fourth-order valence-electron chi connectivity index (χ4n) is 1.13. The van der Waals surface area contributed by atoms with Crippen LogP contribution in [0.2, 0.25) is 0 Å². The van der Waals surface area contributed by atoms with Crippen molar-refractivity contribution in [3.63, 3.8) is 0 Å². The van der Waals surface area contributed by atoms with Crippen LogP contribution < -0.4 is 16.4 Å². The molecule has 20 heavy (non-hydrogen) atoms. The lowest BCUT2D eigenvalue weighted by atomic mass is 10.1. The Labute approximate surface area is 116 Å². The molecule has 3 amide bonds. The lowest BCUT2D eigenvalue weighted by Crippen LogP contribution is -2.58. The minimum atomic E-state index is -3.35. The molecule has 0 saturated carbocycles. The summed E-state index contributed by atoms with van der Waals surface area (Å²) in [5, 5.41) is 13.2. The summed E-state index contributed by atoms with van der Waals surface area (Å²) in [6.07, 6.45) is 0.681. The SMILES string of the molecule is CC(C)(NC(=O)NC(CCS(C)(=O)=O)C(=O)O)C(N)=O.